The van der Waals surface area contributed by atoms with E-state index in [4.69, 9.17) is 4.42 Å². The minimum absolute atomic E-state index is 0.127. The van der Waals surface area contributed by atoms with Crippen LogP contribution >= 0.6 is 0 Å². The molecule has 2 atom stereocenters. The summed E-state index contributed by atoms with van der Waals surface area (Å²) < 4.78 is 95.4. The van der Waals surface area contributed by atoms with Crippen molar-refractivity contribution < 1.29 is 39.9 Å². The Balaban J connectivity index is 1.71. The lowest BCUT2D eigenvalue weighted by molar-refractivity contribution is -0.239. The first-order valence-electron chi connectivity index (χ1n) is 7.74. The van der Waals surface area contributed by atoms with Crippen LogP contribution in [-0.4, -0.2) is 46.6 Å². The van der Waals surface area contributed by atoms with Crippen LogP contribution in [0.15, 0.2) is 28.7 Å². The maximum atomic E-state index is 12.9. The number of anilines is 1. The van der Waals surface area contributed by atoms with Crippen LogP contribution in [-0.2, 0) is 0 Å². The number of urea groups is 1. The molecule has 2 amide bonds. The van der Waals surface area contributed by atoms with Crippen molar-refractivity contribution in [3.05, 3.63) is 30.1 Å². The molecule has 2 unspecified atom stereocenters. The van der Waals surface area contributed by atoms with Gasteiger partial charge in [-0.25, -0.2) is 9.18 Å². The Morgan fingerprint density at radius 2 is 1.54 bits per heavy atom. The molecule has 6 nitrogen and oxygen atoms in total. The van der Waals surface area contributed by atoms with Crippen LogP contribution in [0.5, 0.6) is 0 Å². The molecule has 2 aromatic rings. The van der Waals surface area contributed by atoms with Crippen molar-refractivity contribution in [1.29, 1.82) is 0 Å². The first-order valence-corrected chi connectivity index (χ1v) is 7.74. The van der Waals surface area contributed by atoms with Crippen LogP contribution in [0.4, 0.5) is 41.5 Å². The minimum atomic E-state index is -5.12. The molecule has 1 aromatic carbocycles. The van der Waals surface area contributed by atoms with Crippen molar-refractivity contribution in [2.75, 3.05) is 18.4 Å². The van der Waals surface area contributed by atoms with Crippen molar-refractivity contribution >= 4 is 12.0 Å². The summed E-state index contributed by atoms with van der Waals surface area (Å²) >= 11 is 0. The maximum absolute atomic E-state index is 12.9. The molecule has 0 saturated carbocycles. The molecule has 13 heteroatoms. The zero-order valence-electron chi connectivity index (χ0n) is 13.7. The number of benzene rings is 1. The number of alkyl halides is 6. The first-order chi connectivity index (χ1) is 12.9. The Hall–Kier alpha value is -2.86. The topological polar surface area (TPSA) is 71.3 Å². The van der Waals surface area contributed by atoms with E-state index in [-0.39, 0.29) is 5.89 Å². The molecule has 1 fully saturated rings. The van der Waals surface area contributed by atoms with Gasteiger partial charge in [-0.2, -0.15) is 26.3 Å². The lowest BCUT2D eigenvalue weighted by atomic mass is 9.95. The Morgan fingerprint density at radius 3 is 2.04 bits per heavy atom. The molecular weight excluding hydrogens is 401 g/mol. The molecule has 1 aliphatic heterocycles. The predicted molar refractivity (Wildman–Crippen MR) is 79.4 cm³/mol. The Labute approximate surface area is 152 Å². The van der Waals surface area contributed by atoms with Crippen molar-refractivity contribution in [2.45, 2.75) is 12.4 Å². The summed E-state index contributed by atoms with van der Waals surface area (Å²) in [4.78, 5) is 12.4. The normalized spacial score (nSPS) is 20.5. The molecule has 1 saturated heterocycles. The quantitative estimate of drug-likeness (QED) is 0.755. The number of aromatic nitrogens is 2. The van der Waals surface area contributed by atoms with Gasteiger partial charge in [0.25, 0.3) is 0 Å². The molecular formula is C15H11F7N4O2. The third kappa shape index (κ3) is 4.17. The highest BCUT2D eigenvalue weighted by atomic mass is 19.4. The van der Waals surface area contributed by atoms with Gasteiger partial charge in [0.2, 0.25) is 5.89 Å². The van der Waals surface area contributed by atoms with Gasteiger partial charge in [-0.15, -0.1) is 5.10 Å². The van der Waals surface area contributed by atoms with E-state index in [1.165, 1.54) is 12.1 Å². The summed E-state index contributed by atoms with van der Waals surface area (Å²) in [7, 11) is 0. The molecule has 0 radical (unpaired) electrons. The number of halogens is 7. The average Bonchev–Trinajstić information content (AvgIpc) is 3.21. The lowest BCUT2D eigenvalue weighted by Crippen LogP contribution is -2.37. The molecule has 0 bridgehead atoms. The van der Waals surface area contributed by atoms with Gasteiger partial charge in [0.15, 0.2) is 0 Å². The number of hydrogen-bond acceptors (Lipinski definition) is 4. The number of nitrogens with one attached hydrogen (secondary N) is 1. The van der Waals surface area contributed by atoms with E-state index in [1.807, 2.05) is 5.32 Å². The molecule has 0 aliphatic carbocycles. The minimum Gasteiger partial charge on any atom is -0.403 e. The summed E-state index contributed by atoms with van der Waals surface area (Å²) in [6.45, 7) is -2.31. The molecule has 1 N–H and O–H groups in total. The van der Waals surface area contributed by atoms with Crippen LogP contribution in [0.25, 0.3) is 11.5 Å². The largest absolute Gasteiger partial charge is 0.403 e. The molecule has 1 aliphatic rings. The number of rotatable bonds is 2. The molecule has 1 aromatic heterocycles. The fourth-order valence-electron chi connectivity index (χ4n) is 2.79. The van der Waals surface area contributed by atoms with Gasteiger partial charge in [-0.1, -0.05) is 5.10 Å². The van der Waals surface area contributed by atoms with Crippen molar-refractivity contribution in [2.24, 2.45) is 11.8 Å². The van der Waals surface area contributed by atoms with E-state index in [0.29, 0.717) is 10.5 Å². The fraction of sp³-hybridized carbons (Fsp3) is 0.400. The van der Waals surface area contributed by atoms with E-state index in [2.05, 4.69) is 10.2 Å². The van der Waals surface area contributed by atoms with Crippen LogP contribution in [0.3, 0.4) is 0 Å². The van der Waals surface area contributed by atoms with E-state index >= 15 is 0 Å². The third-order valence-electron chi connectivity index (χ3n) is 4.18. The second-order valence-corrected chi connectivity index (χ2v) is 6.05. The number of likely N-dealkylation sites (tertiary alicyclic amines) is 1. The van der Waals surface area contributed by atoms with E-state index in [0.717, 1.165) is 12.1 Å². The predicted octanol–water partition coefficient (Wildman–Crippen LogP) is 4.08. The maximum Gasteiger partial charge on any atom is 0.394 e. The average molecular weight is 412 g/mol. The summed E-state index contributed by atoms with van der Waals surface area (Å²) in [6, 6.07) is 3.05. The smallest absolute Gasteiger partial charge is 0.394 e. The van der Waals surface area contributed by atoms with Gasteiger partial charge < -0.3 is 9.32 Å². The van der Waals surface area contributed by atoms with Gasteiger partial charge in [-0.05, 0) is 24.3 Å². The first kappa shape index (κ1) is 19.9. The second-order valence-electron chi connectivity index (χ2n) is 6.05. The molecule has 152 valence electrons. The van der Waals surface area contributed by atoms with Crippen LogP contribution in [0.2, 0.25) is 0 Å². The summed E-state index contributed by atoms with van der Waals surface area (Å²) in [5.41, 5.74) is 0.296. The number of amides is 2. The van der Waals surface area contributed by atoms with Crippen LogP contribution in [0, 0.1) is 17.7 Å². The molecule has 3 rings (SSSR count). The number of carbonyl (C=O) groups excluding carboxylic acids is 1. The number of hydrogen-bond donors (Lipinski definition) is 1. The van der Waals surface area contributed by atoms with Gasteiger partial charge in [0, 0.05) is 18.7 Å². The highest BCUT2D eigenvalue weighted by molar-refractivity contribution is 5.87. The summed E-state index contributed by atoms with van der Waals surface area (Å²) in [6.07, 6.45) is -10.2. The van der Waals surface area contributed by atoms with Crippen molar-refractivity contribution in [1.82, 2.24) is 15.1 Å². The van der Waals surface area contributed by atoms with Gasteiger partial charge in [0.1, 0.15) is 5.82 Å². The van der Waals surface area contributed by atoms with Crippen LogP contribution in [0.1, 0.15) is 0 Å². The Morgan fingerprint density at radius 1 is 1.00 bits per heavy atom. The van der Waals surface area contributed by atoms with Gasteiger partial charge in [0.05, 0.1) is 11.8 Å². The summed E-state index contributed by atoms with van der Waals surface area (Å²) in [5.74, 6) is -6.10. The Bertz CT molecular complexity index is 825. The van der Waals surface area contributed by atoms with Gasteiger partial charge >= 0.3 is 24.4 Å². The fourth-order valence-corrected chi connectivity index (χ4v) is 2.79. The summed E-state index contributed by atoms with van der Waals surface area (Å²) in [5, 5.41) is 8.99. The van der Waals surface area contributed by atoms with Crippen molar-refractivity contribution in [3.63, 3.8) is 0 Å². The van der Waals surface area contributed by atoms with Crippen LogP contribution < -0.4 is 5.32 Å². The zero-order chi connectivity index (χ0) is 20.7. The van der Waals surface area contributed by atoms with Gasteiger partial charge in [-0.3, -0.25) is 5.32 Å². The Kier molecular flexibility index (Phi) is 4.93. The van der Waals surface area contributed by atoms with E-state index < -0.39 is 55.1 Å². The highest BCUT2D eigenvalue weighted by Gasteiger charge is 2.60. The SMILES string of the molecule is O=C(Nc1nnc(-c2ccc(F)cc2)o1)N1CC(C(F)(F)F)C(C(F)(F)F)C1. The highest BCUT2D eigenvalue weighted by Crippen LogP contribution is 2.45. The second kappa shape index (κ2) is 6.95. The standard InChI is InChI=1S/C15H11F7N4O2/c16-8-3-1-7(2-4-8)11-24-25-12(28-11)23-13(27)26-5-9(14(17,18)19)10(6-26)15(20,21)22/h1-4,9-10H,5-6H2,(H,23,25,27). The monoisotopic (exact) mass is 412 g/mol. The third-order valence-corrected chi connectivity index (χ3v) is 4.18. The lowest BCUT2D eigenvalue weighted by Gasteiger charge is -2.22. The molecule has 28 heavy (non-hydrogen) atoms. The number of carbonyl (C=O) groups is 1. The van der Waals surface area contributed by atoms with E-state index in [1.54, 1.807) is 0 Å². The molecule has 0 spiro atoms. The van der Waals surface area contributed by atoms with Crippen molar-refractivity contribution in [3.8, 4) is 11.5 Å². The zero-order valence-corrected chi connectivity index (χ0v) is 13.7. The number of nitrogens with zero attached hydrogens (tertiary/aromatic N) is 3. The molecule has 2 heterocycles. The van der Waals surface area contributed by atoms with E-state index in [9.17, 15) is 35.5 Å².